The number of halogens is 2. The normalized spacial score (nSPS) is 10.9. The lowest BCUT2D eigenvalue weighted by molar-refractivity contribution is 0.311. The molecule has 1 aromatic carbocycles. The number of guanidine groups is 1. The Morgan fingerprint density at radius 1 is 1.26 bits per heavy atom. The van der Waals surface area contributed by atoms with Gasteiger partial charge < -0.3 is 20.1 Å². The van der Waals surface area contributed by atoms with Crippen molar-refractivity contribution in [3.8, 4) is 11.5 Å². The summed E-state index contributed by atoms with van der Waals surface area (Å²) in [6.07, 6.45) is 2.93. The summed E-state index contributed by atoms with van der Waals surface area (Å²) >= 11 is 8.02. The van der Waals surface area contributed by atoms with Crippen LogP contribution < -0.4 is 20.1 Å². The largest absolute Gasteiger partial charge is 0.493 e. The summed E-state index contributed by atoms with van der Waals surface area (Å²) in [7, 11) is 3.34. The number of aromatic nitrogens is 1. The molecule has 27 heavy (non-hydrogen) atoms. The van der Waals surface area contributed by atoms with Gasteiger partial charge in [0.05, 0.1) is 25.3 Å². The number of rotatable bonds is 8. The average Bonchev–Trinajstić information content (AvgIpc) is 3.11. The van der Waals surface area contributed by atoms with E-state index in [4.69, 9.17) is 21.1 Å². The van der Waals surface area contributed by atoms with Crippen LogP contribution in [0.5, 0.6) is 11.5 Å². The number of hydrogen-bond acceptors (Lipinski definition) is 5. The molecule has 9 heteroatoms. The number of nitrogens with zero attached hydrogens (tertiary/aromatic N) is 2. The third-order valence-corrected chi connectivity index (χ3v) is 5.04. The Morgan fingerprint density at radius 3 is 2.59 bits per heavy atom. The summed E-state index contributed by atoms with van der Waals surface area (Å²) in [5.41, 5.74) is 0.973. The molecule has 2 aromatic rings. The average molecular weight is 525 g/mol. The van der Waals surface area contributed by atoms with Gasteiger partial charge in [-0.1, -0.05) is 18.5 Å². The van der Waals surface area contributed by atoms with Crippen LogP contribution in [0.25, 0.3) is 0 Å². The molecule has 0 atom stereocenters. The van der Waals surface area contributed by atoms with Gasteiger partial charge in [-0.15, -0.1) is 35.3 Å². The van der Waals surface area contributed by atoms with Crippen molar-refractivity contribution >= 4 is 52.9 Å². The number of aliphatic imine (C=N–C) groups is 1. The van der Waals surface area contributed by atoms with Crippen LogP contribution in [-0.2, 0) is 19.5 Å². The zero-order valence-corrected chi connectivity index (χ0v) is 19.9. The van der Waals surface area contributed by atoms with Crippen molar-refractivity contribution in [1.29, 1.82) is 0 Å². The quantitative estimate of drug-likeness (QED) is 0.307. The van der Waals surface area contributed by atoms with Gasteiger partial charge in [0, 0.05) is 24.7 Å². The van der Waals surface area contributed by atoms with Gasteiger partial charge in [0.1, 0.15) is 5.01 Å². The number of thiazole rings is 1. The van der Waals surface area contributed by atoms with Crippen molar-refractivity contribution in [3.05, 3.63) is 38.8 Å². The maximum atomic E-state index is 6.31. The third kappa shape index (κ3) is 7.00. The lowest BCUT2D eigenvalue weighted by Gasteiger charge is -2.15. The Morgan fingerprint density at radius 2 is 2.00 bits per heavy atom. The Bertz CT molecular complexity index is 755. The molecule has 0 unspecified atom stereocenters. The first-order valence-electron chi connectivity index (χ1n) is 8.48. The minimum absolute atomic E-state index is 0. The van der Waals surface area contributed by atoms with E-state index < -0.39 is 0 Å². The third-order valence-electron chi connectivity index (χ3n) is 3.62. The van der Waals surface area contributed by atoms with E-state index in [1.807, 2.05) is 25.3 Å². The summed E-state index contributed by atoms with van der Waals surface area (Å²) in [4.78, 5) is 9.92. The van der Waals surface area contributed by atoms with Gasteiger partial charge in [-0.2, -0.15) is 0 Å². The first-order valence-corrected chi connectivity index (χ1v) is 9.67. The highest BCUT2D eigenvalue weighted by Crippen LogP contribution is 2.36. The minimum atomic E-state index is 0. The molecule has 0 saturated carbocycles. The zero-order chi connectivity index (χ0) is 18.9. The second-order valence-electron chi connectivity index (χ2n) is 5.40. The first kappa shape index (κ1) is 23.8. The first-order chi connectivity index (χ1) is 12.6. The lowest BCUT2D eigenvalue weighted by Crippen LogP contribution is -2.36. The van der Waals surface area contributed by atoms with Crippen LogP contribution in [0.4, 0.5) is 0 Å². The van der Waals surface area contributed by atoms with E-state index in [9.17, 15) is 0 Å². The van der Waals surface area contributed by atoms with E-state index in [-0.39, 0.29) is 24.0 Å². The van der Waals surface area contributed by atoms with Crippen LogP contribution in [0.1, 0.15) is 29.3 Å². The van der Waals surface area contributed by atoms with E-state index in [2.05, 4.69) is 27.5 Å². The van der Waals surface area contributed by atoms with Crippen molar-refractivity contribution < 1.29 is 9.47 Å². The van der Waals surface area contributed by atoms with Gasteiger partial charge in [-0.25, -0.2) is 4.98 Å². The maximum Gasteiger partial charge on any atom is 0.191 e. The van der Waals surface area contributed by atoms with Crippen LogP contribution in [0.3, 0.4) is 0 Å². The lowest BCUT2D eigenvalue weighted by atomic mass is 10.2. The molecule has 6 nitrogen and oxygen atoms in total. The molecule has 1 heterocycles. The van der Waals surface area contributed by atoms with Crippen molar-refractivity contribution in [2.75, 3.05) is 20.8 Å². The molecule has 1 aromatic heterocycles. The predicted octanol–water partition coefficient (Wildman–Crippen LogP) is 4.25. The topological polar surface area (TPSA) is 67.8 Å². The fourth-order valence-corrected chi connectivity index (χ4v) is 3.41. The minimum Gasteiger partial charge on any atom is -0.493 e. The molecule has 0 aliphatic heterocycles. The number of nitrogens with one attached hydrogen (secondary N) is 2. The molecule has 2 N–H and O–H groups in total. The molecular formula is C18H26ClIN4O2S. The fraction of sp³-hybridized carbons (Fsp3) is 0.444. The Hall–Kier alpha value is -1.26. The van der Waals surface area contributed by atoms with Gasteiger partial charge in [-0.05, 0) is 31.0 Å². The number of benzene rings is 1. The van der Waals surface area contributed by atoms with E-state index in [1.165, 1.54) is 4.88 Å². The highest BCUT2D eigenvalue weighted by molar-refractivity contribution is 14.0. The summed E-state index contributed by atoms with van der Waals surface area (Å²) in [5, 5.41) is 8.10. The van der Waals surface area contributed by atoms with Crippen molar-refractivity contribution in [2.24, 2.45) is 4.99 Å². The summed E-state index contributed by atoms with van der Waals surface area (Å²) in [6.45, 7) is 5.76. The van der Waals surface area contributed by atoms with Crippen molar-refractivity contribution in [3.63, 3.8) is 0 Å². The van der Waals surface area contributed by atoms with Crippen LogP contribution in [0, 0.1) is 0 Å². The molecule has 0 amide bonds. The smallest absolute Gasteiger partial charge is 0.191 e. The maximum absolute atomic E-state index is 6.31. The summed E-state index contributed by atoms with van der Waals surface area (Å²) in [5.74, 6) is 1.88. The summed E-state index contributed by atoms with van der Waals surface area (Å²) < 4.78 is 10.9. The molecule has 2 rings (SSSR count). The number of ether oxygens (including phenoxy) is 2. The van der Waals surface area contributed by atoms with Gasteiger partial charge in [0.25, 0.3) is 0 Å². The Labute approximate surface area is 186 Å². The van der Waals surface area contributed by atoms with Crippen molar-refractivity contribution in [2.45, 2.75) is 33.4 Å². The molecule has 0 aliphatic rings. The second kappa shape index (κ2) is 12.2. The Kier molecular flexibility index (Phi) is 10.8. The van der Waals surface area contributed by atoms with Gasteiger partial charge in [0.15, 0.2) is 17.5 Å². The van der Waals surface area contributed by atoms with Gasteiger partial charge >= 0.3 is 0 Å². The zero-order valence-electron chi connectivity index (χ0n) is 16.0. The predicted molar refractivity (Wildman–Crippen MR) is 123 cm³/mol. The van der Waals surface area contributed by atoms with Crippen molar-refractivity contribution in [1.82, 2.24) is 15.6 Å². The number of methoxy groups -OCH3 is 1. The molecule has 0 aliphatic carbocycles. The molecule has 0 bridgehead atoms. The molecule has 0 fully saturated rings. The van der Waals surface area contributed by atoms with Crippen LogP contribution in [0.15, 0.2) is 23.3 Å². The Balaban J connectivity index is 0.00000364. The van der Waals surface area contributed by atoms with Crippen LogP contribution >= 0.6 is 46.9 Å². The second-order valence-corrected chi connectivity index (χ2v) is 7.00. The van der Waals surface area contributed by atoms with Gasteiger partial charge in [-0.3, -0.25) is 4.99 Å². The summed E-state index contributed by atoms with van der Waals surface area (Å²) in [6, 6.07) is 3.77. The monoisotopic (exact) mass is 524 g/mol. The highest BCUT2D eigenvalue weighted by atomic mass is 127. The van der Waals surface area contributed by atoms with Crippen LogP contribution in [-0.4, -0.2) is 31.7 Å². The number of hydrogen-bond donors (Lipinski definition) is 2. The van der Waals surface area contributed by atoms with E-state index >= 15 is 0 Å². The van der Waals surface area contributed by atoms with E-state index in [0.29, 0.717) is 42.2 Å². The number of aryl methyl sites for hydroxylation is 1. The standard InChI is InChI=1S/C18H25ClN4O2S.HI/c1-5-13-10-21-16(26-13)11-23-18(20-3)22-9-12-7-14(19)17(25-6-2)15(8-12)24-4;/h7-8,10H,5-6,9,11H2,1-4H3,(H2,20,22,23);1H. The highest BCUT2D eigenvalue weighted by Gasteiger charge is 2.12. The molecule has 0 saturated heterocycles. The fourth-order valence-electron chi connectivity index (χ4n) is 2.32. The molecule has 0 radical (unpaired) electrons. The molecule has 0 spiro atoms. The SMILES string of the molecule is CCOc1c(Cl)cc(CNC(=NC)NCc2ncc(CC)s2)cc1OC.I. The van der Waals surface area contributed by atoms with Crippen LogP contribution in [0.2, 0.25) is 5.02 Å². The van der Waals surface area contributed by atoms with Gasteiger partial charge in [0.2, 0.25) is 0 Å². The molecule has 150 valence electrons. The molecular weight excluding hydrogens is 499 g/mol. The van der Waals surface area contributed by atoms with E-state index in [0.717, 1.165) is 17.0 Å². The van der Waals surface area contributed by atoms with E-state index in [1.54, 1.807) is 25.5 Å².